The van der Waals surface area contributed by atoms with Crippen LogP contribution >= 0.6 is 0 Å². The van der Waals surface area contributed by atoms with E-state index in [-0.39, 0.29) is 0 Å². The molecule has 0 aliphatic heterocycles. The molecule has 55 valence electrons. The van der Waals surface area contributed by atoms with Gasteiger partial charge in [0.2, 0.25) is 0 Å². The first kappa shape index (κ1) is 11.2. The van der Waals surface area contributed by atoms with Crippen LogP contribution in [0.5, 0.6) is 0 Å². The zero-order valence-corrected chi connectivity index (χ0v) is 5.54. The molecule has 0 aliphatic carbocycles. The molecule has 0 aromatic rings. The molecule has 7 heteroatoms. The molecule has 0 fully saturated rings. The van der Waals surface area contributed by atoms with Gasteiger partial charge in [0, 0.05) is 0 Å². The van der Waals surface area contributed by atoms with Crippen LogP contribution in [0.2, 0.25) is 0 Å². The molecule has 0 unspecified atom stereocenters. The van der Waals surface area contributed by atoms with E-state index in [1.54, 1.807) is 0 Å². The molecule has 0 aromatic carbocycles. The Bertz CT molecular complexity index is 115. The third kappa shape index (κ3) is 1480. The summed E-state index contributed by atoms with van der Waals surface area (Å²) in [7, 11) is -2.05. The second kappa shape index (κ2) is 7.35. The van der Waals surface area contributed by atoms with Crippen LogP contribution in [0.25, 0.3) is 0 Å². The van der Waals surface area contributed by atoms with Crippen LogP contribution in [-0.2, 0) is 26.8 Å². The summed E-state index contributed by atoms with van der Waals surface area (Å²) in [4.78, 5) is 0. The SMILES string of the molecule is FC(F)F.O=[S](=O)=[Ag]. The zero-order valence-electron chi connectivity index (χ0n) is 3.24. The van der Waals surface area contributed by atoms with Crippen molar-refractivity contribution in [1.82, 2.24) is 0 Å². The average Bonchev–Trinajstić information content (AvgIpc) is 1.25. The summed E-state index contributed by atoms with van der Waals surface area (Å²) in [5.74, 6) is 0. The van der Waals surface area contributed by atoms with E-state index in [9.17, 15) is 13.2 Å². The van der Waals surface area contributed by atoms with Crippen LogP contribution in [0, 0.1) is 0 Å². The summed E-state index contributed by atoms with van der Waals surface area (Å²) in [5, 5.41) is 0. The van der Waals surface area contributed by atoms with Gasteiger partial charge in [0.15, 0.2) is 0 Å². The van der Waals surface area contributed by atoms with Crippen molar-refractivity contribution in [2.24, 2.45) is 0 Å². The van der Waals surface area contributed by atoms with Crippen molar-refractivity contribution < 1.29 is 40.8 Å². The van der Waals surface area contributed by atoms with Crippen molar-refractivity contribution in [1.29, 1.82) is 0 Å². The Morgan fingerprint density at radius 1 is 1.25 bits per heavy atom. The van der Waals surface area contributed by atoms with Gasteiger partial charge in [-0.1, -0.05) is 0 Å². The Morgan fingerprint density at radius 3 is 1.25 bits per heavy atom. The van der Waals surface area contributed by atoms with Gasteiger partial charge in [-0.3, -0.25) is 0 Å². The van der Waals surface area contributed by atoms with Gasteiger partial charge >= 0.3 is 41.9 Å². The summed E-state index contributed by atoms with van der Waals surface area (Å²) in [6.45, 7) is -3.67. The molecule has 0 saturated carbocycles. The number of alkyl halides is 3. The minimum atomic E-state index is -3.67. The van der Waals surface area contributed by atoms with Crippen LogP contribution < -0.4 is 0 Å². The summed E-state index contributed by atoms with van der Waals surface area (Å²) < 4.78 is 46.8. The molecule has 0 amide bonds. The Labute approximate surface area is 55.5 Å². The van der Waals surface area contributed by atoms with Gasteiger partial charge in [0.1, 0.15) is 0 Å². The number of halogens is 3. The van der Waals surface area contributed by atoms with Crippen molar-refractivity contribution >= 4 is 7.65 Å². The van der Waals surface area contributed by atoms with Crippen LogP contribution in [0.3, 0.4) is 0 Å². The van der Waals surface area contributed by atoms with E-state index in [1.807, 2.05) is 0 Å². The minimum absolute atomic E-state index is 2.05. The molecule has 0 bridgehead atoms. The van der Waals surface area contributed by atoms with Gasteiger partial charge in [0.05, 0.1) is 0 Å². The van der Waals surface area contributed by atoms with Gasteiger partial charge in [-0.15, -0.1) is 0 Å². The quantitative estimate of drug-likeness (QED) is 0.580. The van der Waals surface area contributed by atoms with E-state index >= 15 is 0 Å². The molecule has 0 spiro atoms. The molecule has 8 heavy (non-hydrogen) atoms. The van der Waals surface area contributed by atoms with E-state index < -0.39 is 14.3 Å². The average molecular weight is 242 g/mol. The zero-order chi connectivity index (χ0) is 7.15. The molecule has 0 aromatic heterocycles. The first-order chi connectivity index (χ1) is 3.46. The van der Waals surface area contributed by atoms with Crippen molar-refractivity contribution in [3.05, 3.63) is 0 Å². The first-order valence-electron chi connectivity index (χ1n) is 1.11. The maximum absolute atomic E-state index is 9.67. The number of hydrogen-bond donors (Lipinski definition) is 0. The predicted molar refractivity (Wildman–Crippen MR) is 16.0 cm³/mol. The maximum atomic E-state index is 9.67. The molecule has 0 atom stereocenters. The van der Waals surface area contributed by atoms with Crippen LogP contribution in [-0.4, -0.2) is 15.1 Å². The number of hydrogen-bond acceptors (Lipinski definition) is 2. The fourth-order valence-electron chi connectivity index (χ4n) is 0. The topological polar surface area (TPSA) is 34.1 Å². The van der Waals surface area contributed by atoms with Gasteiger partial charge in [0.25, 0.3) is 0 Å². The van der Waals surface area contributed by atoms with Crippen LogP contribution in [0.4, 0.5) is 13.2 Å². The monoisotopic (exact) mass is 241 g/mol. The molecule has 0 heterocycles. The Kier molecular flexibility index (Phi) is 10.3. The van der Waals surface area contributed by atoms with Gasteiger partial charge < -0.3 is 0 Å². The van der Waals surface area contributed by atoms with E-state index in [4.69, 9.17) is 8.42 Å². The Hall–Kier alpha value is 0.350. The third-order valence-corrected chi connectivity index (χ3v) is 0. The molecule has 0 radical (unpaired) electrons. The normalized spacial score (nSPS) is 7.75. The second-order valence-corrected chi connectivity index (χ2v) is 2.24. The van der Waals surface area contributed by atoms with Gasteiger partial charge in [-0.05, 0) is 0 Å². The fourth-order valence-corrected chi connectivity index (χ4v) is 0. The van der Waals surface area contributed by atoms with Gasteiger partial charge in [-0.2, -0.15) is 13.2 Å². The number of rotatable bonds is 0. The standard InChI is InChI=1S/CHF3.Ag.O2S/c2-1(3)4;;1-3-2/h1H;;. The molecule has 0 rings (SSSR count). The van der Waals surface area contributed by atoms with Crippen molar-refractivity contribution in [2.75, 3.05) is 0 Å². The fraction of sp³-hybridized carbons (Fsp3) is 1.00. The first-order valence-corrected chi connectivity index (χ1v) is 3.84. The molecular formula is CHAgF3O2S. The van der Waals surface area contributed by atoms with Crippen molar-refractivity contribution in [3.63, 3.8) is 0 Å². The van der Waals surface area contributed by atoms with E-state index in [2.05, 4.69) is 19.2 Å². The predicted octanol–water partition coefficient (Wildman–Crippen LogP) is 0.506. The van der Waals surface area contributed by atoms with Gasteiger partial charge in [-0.25, -0.2) is 0 Å². The molecule has 0 N–H and O–H groups in total. The molecule has 0 aliphatic rings. The van der Waals surface area contributed by atoms with Crippen LogP contribution in [0.15, 0.2) is 0 Å². The van der Waals surface area contributed by atoms with E-state index in [1.165, 1.54) is 0 Å². The van der Waals surface area contributed by atoms with Crippen LogP contribution in [0.1, 0.15) is 0 Å². The van der Waals surface area contributed by atoms with Crippen molar-refractivity contribution in [2.45, 2.75) is 6.68 Å². The summed E-state index contributed by atoms with van der Waals surface area (Å²) in [5.41, 5.74) is 0. The Balaban J connectivity index is 0. The summed E-state index contributed by atoms with van der Waals surface area (Å²) in [6.07, 6.45) is 0. The Morgan fingerprint density at radius 2 is 1.25 bits per heavy atom. The van der Waals surface area contributed by atoms with E-state index in [0.29, 0.717) is 0 Å². The second-order valence-electron chi connectivity index (χ2n) is 0.416. The molecule has 2 nitrogen and oxygen atoms in total. The molecular weight excluding hydrogens is 241 g/mol. The third-order valence-electron chi connectivity index (χ3n) is 0. The molecule has 0 saturated heterocycles. The summed E-state index contributed by atoms with van der Waals surface area (Å²) in [6, 6.07) is 0. The van der Waals surface area contributed by atoms with E-state index in [0.717, 1.165) is 0 Å². The summed E-state index contributed by atoms with van der Waals surface area (Å²) >= 11 is 2.20. The van der Waals surface area contributed by atoms with Crippen molar-refractivity contribution in [3.8, 4) is 0 Å².